The van der Waals surface area contributed by atoms with Crippen molar-refractivity contribution in [1.82, 2.24) is 9.62 Å². The Kier molecular flexibility index (Phi) is 7.24. The van der Waals surface area contributed by atoms with E-state index in [-0.39, 0.29) is 30.9 Å². The Hall–Kier alpha value is -1.19. The molecule has 22 heavy (non-hydrogen) atoms. The quantitative estimate of drug-likeness (QED) is 0.627. The molecule has 128 valence electrons. The van der Waals surface area contributed by atoms with Crippen molar-refractivity contribution < 1.29 is 27.9 Å². The fraction of sp³-hybridized carbons (Fsp3) is 0.846. The number of rotatable bonds is 8. The first kappa shape index (κ1) is 18.9. The van der Waals surface area contributed by atoms with Crippen LogP contribution in [0.5, 0.6) is 0 Å². The third kappa shape index (κ3) is 6.71. The van der Waals surface area contributed by atoms with Gasteiger partial charge in [-0.1, -0.05) is 0 Å². The molecule has 1 amide bonds. The zero-order valence-corrected chi connectivity index (χ0v) is 13.8. The summed E-state index contributed by atoms with van der Waals surface area (Å²) in [6.07, 6.45) is 0.749. The first-order valence-corrected chi connectivity index (χ1v) is 8.96. The lowest BCUT2D eigenvalue weighted by molar-refractivity contribution is -0.145. The average molecular weight is 336 g/mol. The molecule has 1 rings (SSSR count). The Balaban J connectivity index is 2.32. The second-order valence-corrected chi connectivity index (χ2v) is 7.48. The van der Waals surface area contributed by atoms with Gasteiger partial charge in [-0.05, 0) is 26.7 Å². The Morgan fingerprint density at radius 1 is 1.32 bits per heavy atom. The van der Waals surface area contributed by atoms with Gasteiger partial charge in [0, 0.05) is 13.1 Å². The van der Waals surface area contributed by atoms with Crippen LogP contribution in [-0.2, 0) is 24.3 Å². The molecule has 1 aliphatic heterocycles. The van der Waals surface area contributed by atoms with Gasteiger partial charge in [0.1, 0.15) is 0 Å². The number of ether oxygens (including phenoxy) is 1. The molecule has 0 unspecified atom stereocenters. The number of aliphatic carboxylic acids is 1. The molecule has 8 nitrogen and oxygen atoms in total. The monoisotopic (exact) mass is 336 g/mol. The maximum atomic E-state index is 11.9. The number of sulfonamides is 1. The minimum Gasteiger partial charge on any atom is -0.481 e. The van der Waals surface area contributed by atoms with Gasteiger partial charge in [0.25, 0.3) is 0 Å². The number of amides is 1. The zero-order chi connectivity index (χ0) is 16.8. The molecule has 1 aliphatic rings. The number of carboxylic acid groups (broad SMARTS) is 1. The second-order valence-electron chi connectivity index (χ2n) is 5.55. The molecule has 2 N–H and O–H groups in total. The molecular weight excluding hydrogens is 312 g/mol. The van der Waals surface area contributed by atoms with E-state index in [0.717, 1.165) is 0 Å². The molecule has 1 heterocycles. The third-order valence-corrected chi connectivity index (χ3v) is 4.73. The summed E-state index contributed by atoms with van der Waals surface area (Å²) in [5.74, 6) is -1.80. The van der Waals surface area contributed by atoms with E-state index >= 15 is 0 Å². The van der Waals surface area contributed by atoms with Crippen LogP contribution in [0.15, 0.2) is 0 Å². The minimum absolute atomic E-state index is 0.0487. The van der Waals surface area contributed by atoms with E-state index in [1.807, 2.05) is 13.8 Å². The van der Waals surface area contributed by atoms with E-state index in [0.29, 0.717) is 25.9 Å². The van der Waals surface area contributed by atoms with Gasteiger partial charge in [0.2, 0.25) is 15.9 Å². The summed E-state index contributed by atoms with van der Waals surface area (Å²) in [6, 6.07) is 0. The van der Waals surface area contributed by atoms with Crippen LogP contribution in [0.2, 0.25) is 0 Å². The van der Waals surface area contributed by atoms with Gasteiger partial charge in [0.05, 0.1) is 30.9 Å². The largest absolute Gasteiger partial charge is 0.481 e. The Labute approximate surface area is 130 Å². The van der Waals surface area contributed by atoms with E-state index < -0.39 is 21.9 Å². The maximum absolute atomic E-state index is 11.9. The molecule has 0 aromatic heterocycles. The number of carbonyl (C=O) groups excluding carboxylic acids is 1. The summed E-state index contributed by atoms with van der Waals surface area (Å²) >= 11 is 0. The van der Waals surface area contributed by atoms with Gasteiger partial charge in [-0.15, -0.1) is 0 Å². The maximum Gasteiger partial charge on any atom is 0.306 e. The number of nitrogens with zero attached hydrogens (tertiary/aromatic N) is 1. The van der Waals surface area contributed by atoms with Crippen molar-refractivity contribution >= 4 is 21.9 Å². The third-order valence-electron chi connectivity index (χ3n) is 3.44. The highest BCUT2D eigenvalue weighted by Crippen LogP contribution is 2.17. The fourth-order valence-corrected chi connectivity index (χ4v) is 2.93. The predicted octanol–water partition coefficient (Wildman–Crippen LogP) is -0.346. The highest BCUT2D eigenvalue weighted by atomic mass is 32.2. The topological polar surface area (TPSA) is 113 Å². The van der Waals surface area contributed by atoms with Gasteiger partial charge in [-0.25, -0.2) is 13.1 Å². The summed E-state index contributed by atoms with van der Waals surface area (Å²) < 4.78 is 30.8. The Morgan fingerprint density at radius 3 is 2.41 bits per heavy atom. The molecule has 0 radical (unpaired) electrons. The summed E-state index contributed by atoms with van der Waals surface area (Å²) in [6.45, 7) is 4.07. The first-order valence-electron chi connectivity index (χ1n) is 7.31. The van der Waals surface area contributed by atoms with Crippen molar-refractivity contribution in [2.45, 2.75) is 32.8 Å². The summed E-state index contributed by atoms with van der Waals surface area (Å²) in [4.78, 5) is 24.2. The smallest absolute Gasteiger partial charge is 0.306 e. The molecule has 0 aromatic carbocycles. The number of hydrogen-bond acceptors (Lipinski definition) is 5. The van der Waals surface area contributed by atoms with E-state index in [4.69, 9.17) is 9.84 Å². The van der Waals surface area contributed by atoms with Gasteiger partial charge in [-0.2, -0.15) is 0 Å². The second kappa shape index (κ2) is 8.44. The lowest BCUT2D eigenvalue weighted by Crippen LogP contribution is -2.45. The van der Waals surface area contributed by atoms with Crippen molar-refractivity contribution in [1.29, 1.82) is 0 Å². The van der Waals surface area contributed by atoms with Gasteiger partial charge >= 0.3 is 5.97 Å². The van der Waals surface area contributed by atoms with Gasteiger partial charge < -0.3 is 14.7 Å². The molecule has 1 saturated heterocycles. The Bertz CT molecular complexity index is 483. The SMILES string of the molecule is CC(C)OCCS(=O)(=O)NCC(=O)N1CCC(C(=O)O)CC1. The van der Waals surface area contributed by atoms with E-state index in [9.17, 15) is 18.0 Å². The van der Waals surface area contributed by atoms with Crippen molar-refractivity contribution in [2.24, 2.45) is 5.92 Å². The number of likely N-dealkylation sites (tertiary alicyclic amines) is 1. The molecular formula is C13H24N2O6S. The Morgan fingerprint density at radius 2 is 1.91 bits per heavy atom. The number of carboxylic acids is 1. The van der Waals surface area contributed by atoms with Crippen LogP contribution < -0.4 is 4.72 Å². The number of piperidine rings is 1. The van der Waals surface area contributed by atoms with Crippen LogP contribution in [0.25, 0.3) is 0 Å². The van der Waals surface area contributed by atoms with Crippen molar-refractivity contribution in [3.8, 4) is 0 Å². The lowest BCUT2D eigenvalue weighted by atomic mass is 9.97. The van der Waals surface area contributed by atoms with Crippen molar-refractivity contribution in [2.75, 3.05) is 32.0 Å². The highest BCUT2D eigenvalue weighted by molar-refractivity contribution is 7.89. The van der Waals surface area contributed by atoms with Crippen LogP contribution in [0.1, 0.15) is 26.7 Å². The van der Waals surface area contributed by atoms with Crippen LogP contribution in [0.4, 0.5) is 0 Å². The van der Waals surface area contributed by atoms with Crippen LogP contribution >= 0.6 is 0 Å². The number of nitrogens with one attached hydrogen (secondary N) is 1. The van der Waals surface area contributed by atoms with Crippen LogP contribution in [0, 0.1) is 5.92 Å². The van der Waals surface area contributed by atoms with Crippen molar-refractivity contribution in [3.05, 3.63) is 0 Å². The molecule has 9 heteroatoms. The normalized spacial score (nSPS) is 17.0. The zero-order valence-electron chi connectivity index (χ0n) is 12.9. The van der Waals surface area contributed by atoms with Crippen LogP contribution in [0.3, 0.4) is 0 Å². The van der Waals surface area contributed by atoms with E-state index in [2.05, 4.69) is 4.72 Å². The average Bonchev–Trinajstić information content (AvgIpc) is 2.44. The summed E-state index contributed by atoms with van der Waals surface area (Å²) in [5, 5.41) is 8.89. The molecule has 0 aliphatic carbocycles. The standard InChI is InChI=1S/C13H24N2O6S/c1-10(2)21-7-8-22(19,20)14-9-12(16)15-5-3-11(4-6-15)13(17)18/h10-11,14H,3-9H2,1-2H3,(H,17,18). The highest BCUT2D eigenvalue weighted by Gasteiger charge is 2.27. The van der Waals surface area contributed by atoms with Gasteiger partial charge in [-0.3, -0.25) is 9.59 Å². The fourth-order valence-electron chi connectivity index (χ4n) is 2.13. The molecule has 0 bridgehead atoms. The molecule has 0 aromatic rings. The number of hydrogen-bond donors (Lipinski definition) is 2. The molecule has 1 fully saturated rings. The van der Waals surface area contributed by atoms with E-state index in [1.165, 1.54) is 4.90 Å². The predicted molar refractivity (Wildman–Crippen MR) is 79.8 cm³/mol. The van der Waals surface area contributed by atoms with Gasteiger partial charge in [0.15, 0.2) is 0 Å². The summed E-state index contributed by atoms with van der Waals surface area (Å²) in [7, 11) is -3.55. The minimum atomic E-state index is -3.55. The number of carbonyl (C=O) groups is 2. The molecule has 0 spiro atoms. The first-order chi connectivity index (χ1) is 10.2. The summed E-state index contributed by atoms with van der Waals surface area (Å²) in [5.41, 5.74) is 0. The molecule has 0 saturated carbocycles. The lowest BCUT2D eigenvalue weighted by Gasteiger charge is -2.30. The van der Waals surface area contributed by atoms with Crippen LogP contribution in [-0.4, -0.2) is 68.4 Å². The van der Waals surface area contributed by atoms with Crippen molar-refractivity contribution in [3.63, 3.8) is 0 Å². The van der Waals surface area contributed by atoms with E-state index in [1.54, 1.807) is 0 Å². The molecule has 0 atom stereocenters.